The van der Waals surface area contributed by atoms with E-state index in [-0.39, 0.29) is 5.91 Å². The Morgan fingerprint density at radius 3 is 2.28 bits per heavy atom. The van der Waals surface area contributed by atoms with E-state index in [1.165, 1.54) is 12.0 Å². The van der Waals surface area contributed by atoms with Gasteiger partial charge in [0, 0.05) is 43.8 Å². The molecule has 0 radical (unpaired) electrons. The molecular weight excluding hydrogens is 384 g/mol. The second kappa shape index (κ2) is 10.9. The highest BCUT2D eigenvalue weighted by atomic mass is 35.5. The first kappa shape index (κ1) is 21.2. The lowest BCUT2D eigenvalue weighted by Crippen LogP contribution is -2.38. The molecule has 2 N–H and O–H groups in total. The number of benzene rings is 2. The molecular formula is C23H29ClN4O. The van der Waals surface area contributed by atoms with Crippen LogP contribution in [0, 0.1) is 0 Å². The van der Waals surface area contributed by atoms with Crippen LogP contribution < -0.4 is 10.6 Å². The minimum Gasteiger partial charge on any atom is -0.356 e. The largest absolute Gasteiger partial charge is 0.356 e. The lowest BCUT2D eigenvalue weighted by Gasteiger charge is -2.26. The zero-order chi connectivity index (χ0) is 20.5. The Kier molecular flexibility index (Phi) is 7.94. The van der Waals surface area contributed by atoms with Gasteiger partial charge in [0.15, 0.2) is 5.96 Å². The van der Waals surface area contributed by atoms with Crippen LogP contribution in [0.3, 0.4) is 0 Å². The van der Waals surface area contributed by atoms with Gasteiger partial charge >= 0.3 is 0 Å². The van der Waals surface area contributed by atoms with Crippen LogP contribution in [-0.4, -0.2) is 43.4 Å². The first-order valence-electron chi connectivity index (χ1n) is 10.2. The van der Waals surface area contributed by atoms with E-state index in [4.69, 9.17) is 11.6 Å². The molecule has 1 heterocycles. The van der Waals surface area contributed by atoms with E-state index in [1.807, 2.05) is 53.4 Å². The van der Waals surface area contributed by atoms with Crippen LogP contribution >= 0.6 is 11.6 Å². The second-order valence-electron chi connectivity index (χ2n) is 7.28. The number of amides is 1. The van der Waals surface area contributed by atoms with Crippen LogP contribution in [0.5, 0.6) is 0 Å². The van der Waals surface area contributed by atoms with Crippen molar-refractivity contribution in [1.29, 1.82) is 0 Å². The molecule has 1 saturated heterocycles. The molecule has 29 heavy (non-hydrogen) atoms. The number of guanidine groups is 1. The first-order valence-corrected chi connectivity index (χ1v) is 10.6. The fourth-order valence-corrected chi connectivity index (χ4v) is 3.55. The van der Waals surface area contributed by atoms with Crippen molar-refractivity contribution in [1.82, 2.24) is 15.5 Å². The molecule has 0 aliphatic carbocycles. The number of nitrogens with one attached hydrogen (secondary N) is 2. The molecule has 5 nitrogen and oxygen atoms in total. The number of carbonyl (C=O) groups is 1. The molecule has 0 atom stereocenters. The van der Waals surface area contributed by atoms with Crippen molar-refractivity contribution in [3.63, 3.8) is 0 Å². The Bertz CT molecular complexity index is 812. The number of halogens is 1. The molecule has 1 aliphatic heterocycles. The van der Waals surface area contributed by atoms with Crippen molar-refractivity contribution in [2.45, 2.75) is 32.2 Å². The van der Waals surface area contributed by atoms with Crippen molar-refractivity contribution in [2.75, 3.05) is 26.7 Å². The molecule has 6 heteroatoms. The van der Waals surface area contributed by atoms with E-state index in [9.17, 15) is 4.79 Å². The summed E-state index contributed by atoms with van der Waals surface area (Å²) in [7, 11) is 1.76. The van der Waals surface area contributed by atoms with Gasteiger partial charge in [-0.2, -0.15) is 0 Å². The Morgan fingerprint density at radius 1 is 0.966 bits per heavy atom. The monoisotopic (exact) mass is 412 g/mol. The average molecular weight is 413 g/mol. The number of piperidine rings is 1. The van der Waals surface area contributed by atoms with Crippen LogP contribution in [0.4, 0.5) is 0 Å². The fourth-order valence-electron chi connectivity index (χ4n) is 3.43. The van der Waals surface area contributed by atoms with Crippen molar-refractivity contribution >= 4 is 23.5 Å². The Labute approximate surface area is 178 Å². The summed E-state index contributed by atoms with van der Waals surface area (Å²) in [6.45, 7) is 3.18. The zero-order valence-corrected chi connectivity index (χ0v) is 17.7. The number of carbonyl (C=O) groups excluding carboxylic acids is 1. The zero-order valence-electron chi connectivity index (χ0n) is 17.0. The van der Waals surface area contributed by atoms with Crippen LogP contribution in [-0.2, 0) is 13.0 Å². The topological polar surface area (TPSA) is 56.7 Å². The van der Waals surface area contributed by atoms with Crippen molar-refractivity contribution in [2.24, 2.45) is 4.99 Å². The molecule has 0 spiro atoms. The highest BCUT2D eigenvalue weighted by molar-refractivity contribution is 6.30. The van der Waals surface area contributed by atoms with Gasteiger partial charge < -0.3 is 15.5 Å². The maximum atomic E-state index is 12.6. The highest BCUT2D eigenvalue weighted by Gasteiger charge is 2.17. The molecule has 0 bridgehead atoms. The average Bonchev–Trinajstić information content (AvgIpc) is 2.78. The van der Waals surface area contributed by atoms with E-state index in [1.54, 1.807) is 7.05 Å². The second-order valence-corrected chi connectivity index (χ2v) is 7.72. The van der Waals surface area contributed by atoms with Crippen molar-refractivity contribution in [3.05, 3.63) is 70.2 Å². The van der Waals surface area contributed by atoms with Crippen LogP contribution in [0.15, 0.2) is 53.5 Å². The summed E-state index contributed by atoms with van der Waals surface area (Å²) >= 11 is 5.92. The molecule has 3 rings (SSSR count). The van der Waals surface area contributed by atoms with Gasteiger partial charge in [0.25, 0.3) is 5.91 Å². The van der Waals surface area contributed by atoms with Gasteiger partial charge in [0.1, 0.15) is 0 Å². The maximum Gasteiger partial charge on any atom is 0.253 e. The Balaban J connectivity index is 1.44. The highest BCUT2D eigenvalue weighted by Crippen LogP contribution is 2.14. The minimum absolute atomic E-state index is 0.142. The summed E-state index contributed by atoms with van der Waals surface area (Å²) in [5.74, 6) is 0.899. The summed E-state index contributed by atoms with van der Waals surface area (Å²) in [4.78, 5) is 18.8. The van der Waals surface area contributed by atoms with Gasteiger partial charge in [0.05, 0.1) is 0 Å². The predicted molar refractivity (Wildman–Crippen MR) is 120 cm³/mol. The molecule has 2 aromatic carbocycles. The van der Waals surface area contributed by atoms with E-state index in [0.717, 1.165) is 61.0 Å². The number of rotatable bonds is 6. The molecule has 0 aromatic heterocycles. The van der Waals surface area contributed by atoms with Crippen LogP contribution in [0.25, 0.3) is 0 Å². The molecule has 2 aromatic rings. The lowest BCUT2D eigenvalue weighted by atomic mass is 10.1. The summed E-state index contributed by atoms with van der Waals surface area (Å²) in [6.07, 6.45) is 4.34. The number of likely N-dealkylation sites (tertiary alicyclic amines) is 1. The Morgan fingerprint density at radius 2 is 1.62 bits per heavy atom. The van der Waals surface area contributed by atoms with E-state index < -0.39 is 0 Å². The smallest absolute Gasteiger partial charge is 0.253 e. The molecule has 0 saturated carbocycles. The molecule has 1 aliphatic rings. The Hall–Kier alpha value is -2.53. The van der Waals surface area contributed by atoms with Gasteiger partial charge in [-0.25, -0.2) is 0 Å². The van der Waals surface area contributed by atoms with Crippen LogP contribution in [0.1, 0.15) is 40.7 Å². The van der Waals surface area contributed by atoms with Crippen LogP contribution in [0.2, 0.25) is 5.02 Å². The third kappa shape index (κ3) is 6.50. The molecule has 1 amide bonds. The van der Waals surface area contributed by atoms with E-state index in [0.29, 0.717) is 6.54 Å². The van der Waals surface area contributed by atoms with Gasteiger partial charge in [0.2, 0.25) is 0 Å². The predicted octanol–water partition coefficient (Wildman–Crippen LogP) is 3.87. The summed E-state index contributed by atoms with van der Waals surface area (Å²) in [5.41, 5.74) is 3.10. The normalized spacial score (nSPS) is 14.6. The summed E-state index contributed by atoms with van der Waals surface area (Å²) < 4.78 is 0. The standard InChI is InChI=1S/C23H29ClN4O/c1-25-23(26-14-13-18-7-11-21(24)12-8-18)27-17-19-5-9-20(10-6-19)22(29)28-15-3-2-4-16-28/h5-12H,2-4,13-17H2,1H3,(H2,25,26,27). The molecule has 1 fully saturated rings. The lowest BCUT2D eigenvalue weighted by molar-refractivity contribution is 0.0724. The van der Waals surface area contributed by atoms with Gasteiger partial charge in [-0.05, 0) is 61.1 Å². The third-order valence-corrected chi connectivity index (χ3v) is 5.40. The maximum absolute atomic E-state index is 12.6. The SMILES string of the molecule is CN=C(NCCc1ccc(Cl)cc1)NCc1ccc(C(=O)N2CCCCC2)cc1. The fraction of sp³-hybridized carbons (Fsp3) is 0.391. The summed E-state index contributed by atoms with van der Waals surface area (Å²) in [5, 5.41) is 7.39. The quantitative estimate of drug-likeness (QED) is 0.559. The minimum atomic E-state index is 0.142. The van der Waals surface area contributed by atoms with E-state index >= 15 is 0 Å². The van der Waals surface area contributed by atoms with Crippen molar-refractivity contribution in [3.8, 4) is 0 Å². The van der Waals surface area contributed by atoms with Gasteiger partial charge in [-0.1, -0.05) is 35.9 Å². The molecule has 154 valence electrons. The number of aliphatic imine (C=N–C) groups is 1. The third-order valence-electron chi connectivity index (χ3n) is 5.15. The molecule has 0 unspecified atom stereocenters. The number of hydrogen-bond acceptors (Lipinski definition) is 2. The van der Waals surface area contributed by atoms with E-state index in [2.05, 4.69) is 15.6 Å². The van der Waals surface area contributed by atoms with Gasteiger partial charge in [-0.15, -0.1) is 0 Å². The first-order chi connectivity index (χ1) is 14.2. The van der Waals surface area contributed by atoms with Crippen molar-refractivity contribution < 1.29 is 4.79 Å². The number of nitrogens with zero attached hydrogens (tertiary/aromatic N) is 2. The summed E-state index contributed by atoms with van der Waals surface area (Å²) in [6, 6.07) is 15.7. The van der Waals surface area contributed by atoms with Gasteiger partial charge in [-0.3, -0.25) is 9.79 Å². The number of hydrogen-bond donors (Lipinski definition) is 2.